The van der Waals surface area contributed by atoms with E-state index >= 15 is 0 Å². The number of carbonyl (C=O) groups is 4. The zero-order valence-corrected chi connectivity index (χ0v) is 29.5. The number of nitrogens with zero attached hydrogens (tertiary/aromatic N) is 2. The van der Waals surface area contributed by atoms with Gasteiger partial charge in [-0.2, -0.15) is 0 Å². The summed E-state index contributed by atoms with van der Waals surface area (Å²) in [5.74, 6) is -1.81. The number of hydrogen-bond donors (Lipinski definition) is 4. The molecule has 0 saturated heterocycles. The van der Waals surface area contributed by atoms with Crippen molar-refractivity contribution in [3.05, 3.63) is 52.0 Å². The summed E-state index contributed by atoms with van der Waals surface area (Å²) in [6.45, 7) is 11.9. The predicted molar refractivity (Wildman–Crippen MR) is 181 cm³/mol. The van der Waals surface area contributed by atoms with Crippen molar-refractivity contribution in [2.45, 2.75) is 97.5 Å². The molecule has 0 bridgehead atoms. The number of benzene rings is 1. The van der Waals surface area contributed by atoms with E-state index in [1.54, 1.807) is 31.5 Å². The standard InChI is InChI=1S/C34H53N5O6S/c1-10-22(6)30(38-32(43)29(35-7)21(4)5)34(44)39(8)26(20(2)3)18-27(45-9)33-37-25(19-46-33)31(42)36-24(17-28(40)41)16-23-14-12-11-13-15-23/h11-15,19-22,24,26-27,29-30,35H,10,16-18H2,1-9H3,(H,36,42)(H,38,43)(H,40,41)/t22?,24-,26+,27?,29-,30-/m0/s1. The normalized spacial score (nSPS) is 15.5. The van der Waals surface area contributed by atoms with Crippen molar-refractivity contribution in [3.63, 3.8) is 0 Å². The van der Waals surface area contributed by atoms with Crippen LogP contribution >= 0.6 is 11.3 Å². The van der Waals surface area contributed by atoms with E-state index < -0.39 is 36.1 Å². The molecular formula is C34H53N5O6S. The number of aromatic nitrogens is 1. The van der Waals surface area contributed by atoms with E-state index in [2.05, 4.69) is 20.9 Å². The van der Waals surface area contributed by atoms with Crippen LogP contribution in [-0.4, -0.2) is 84.1 Å². The van der Waals surface area contributed by atoms with Crippen LogP contribution in [-0.2, 0) is 25.5 Å². The minimum atomic E-state index is -1.00. The Morgan fingerprint density at radius 3 is 2.17 bits per heavy atom. The van der Waals surface area contributed by atoms with Crippen LogP contribution in [0.2, 0.25) is 0 Å². The van der Waals surface area contributed by atoms with Gasteiger partial charge in [0.05, 0.1) is 12.5 Å². The van der Waals surface area contributed by atoms with Gasteiger partial charge >= 0.3 is 5.97 Å². The second-order valence-electron chi connectivity index (χ2n) is 12.6. The maximum Gasteiger partial charge on any atom is 0.305 e. The second kappa shape index (κ2) is 18.7. The number of likely N-dealkylation sites (N-methyl/N-ethyl adjacent to an activating group) is 2. The van der Waals surface area contributed by atoms with Gasteiger partial charge in [0.2, 0.25) is 11.8 Å². The van der Waals surface area contributed by atoms with Gasteiger partial charge in [0.1, 0.15) is 22.8 Å². The fourth-order valence-corrected chi connectivity index (χ4v) is 6.44. The van der Waals surface area contributed by atoms with Crippen molar-refractivity contribution in [2.75, 3.05) is 21.2 Å². The van der Waals surface area contributed by atoms with E-state index in [1.807, 2.05) is 71.9 Å². The number of nitrogens with one attached hydrogen (secondary N) is 3. The number of hydrogen-bond acceptors (Lipinski definition) is 8. The highest BCUT2D eigenvalue weighted by atomic mass is 32.1. The van der Waals surface area contributed by atoms with Gasteiger partial charge < -0.3 is 30.7 Å². The Morgan fingerprint density at radius 2 is 1.65 bits per heavy atom. The smallest absolute Gasteiger partial charge is 0.305 e. The number of aliphatic carboxylic acids is 1. The summed E-state index contributed by atoms with van der Waals surface area (Å²) in [7, 11) is 5.07. The first-order chi connectivity index (χ1) is 21.7. The molecule has 6 atom stereocenters. The molecule has 256 valence electrons. The highest BCUT2D eigenvalue weighted by molar-refractivity contribution is 7.09. The molecule has 0 radical (unpaired) electrons. The summed E-state index contributed by atoms with van der Waals surface area (Å²) in [5.41, 5.74) is 1.10. The molecule has 2 rings (SSSR count). The summed E-state index contributed by atoms with van der Waals surface area (Å²) in [6, 6.07) is 7.43. The lowest BCUT2D eigenvalue weighted by atomic mass is 9.92. The van der Waals surface area contributed by atoms with E-state index in [4.69, 9.17) is 4.74 Å². The van der Waals surface area contributed by atoms with Crippen molar-refractivity contribution in [2.24, 2.45) is 17.8 Å². The minimum absolute atomic E-state index is 0.0538. The average Bonchev–Trinajstić information content (AvgIpc) is 3.50. The number of carbonyl (C=O) groups excluding carboxylic acids is 3. The molecule has 0 aliphatic heterocycles. The molecule has 0 aliphatic carbocycles. The van der Waals surface area contributed by atoms with Crippen LogP contribution in [0.3, 0.4) is 0 Å². The lowest BCUT2D eigenvalue weighted by Crippen LogP contribution is -2.57. The Balaban J connectivity index is 2.22. The molecule has 0 spiro atoms. The monoisotopic (exact) mass is 659 g/mol. The minimum Gasteiger partial charge on any atom is -0.481 e. The number of carboxylic acid groups (broad SMARTS) is 1. The van der Waals surface area contributed by atoms with Gasteiger partial charge in [-0.05, 0) is 36.8 Å². The van der Waals surface area contributed by atoms with E-state index in [0.717, 1.165) is 5.56 Å². The van der Waals surface area contributed by atoms with Gasteiger partial charge in [0.15, 0.2) is 0 Å². The first-order valence-corrected chi connectivity index (χ1v) is 16.9. The molecule has 0 saturated carbocycles. The lowest BCUT2D eigenvalue weighted by molar-refractivity contribution is -0.140. The fourth-order valence-electron chi connectivity index (χ4n) is 5.55. The fraction of sp³-hybridized carbons (Fsp3) is 0.618. The largest absolute Gasteiger partial charge is 0.481 e. The summed E-state index contributed by atoms with van der Waals surface area (Å²) < 4.78 is 5.84. The third-order valence-electron chi connectivity index (χ3n) is 8.50. The van der Waals surface area contributed by atoms with Crippen molar-refractivity contribution < 1.29 is 29.0 Å². The third-order valence-corrected chi connectivity index (χ3v) is 9.44. The molecule has 46 heavy (non-hydrogen) atoms. The van der Waals surface area contributed by atoms with E-state index in [0.29, 0.717) is 24.3 Å². The molecule has 11 nitrogen and oxygen atoms in total. The number of methoxy groups -OCH3 is 1. The number of amides is 3. The summed E-state index contributed by atoms with van der Waals surface area (Å²) in [5, 5.41) is 20.5. The molecule has 12 heteroatoms. The molecule has 1 aromatic carbocycles. The van der Waals surface area contributed by atoms with Crippen LogP contribution in [0.25, 0.3) is 0 Å². The second-order valence-corrected chi connectivity index (χ2v) is 13.5. The average molecular weight is 660 g/mol. The zero-order valence-electron chi connectivity index (χ0n) is 28.7. The Bertz CT molecular complexity index is 1270. The molecule has 2 aromatic rings. The van der Waals surface area contributed by atoms with Crippen LogP contribution in [0.4, 0.5) is 0 Å². The quantitative estimate of drug-likeness (QED) is 0.175. The van der Waals surface area contributed by atoms with Crippen LogP contribution in [0, 0.1) is 17.8 Å². The van der Waals surface area contributed by atoms with E-state index in [-0.39, 0.29) is 47.7 Å². The van der Waals surface area contributed by atoms with E-state index in [9.17, 15) is 24.3 Å². The highest BCUT2D eigenvalue weighted by Gasteiger charge is 2.36. The zero-order chi connectivity index (χ0) is 34.6. The Kier molecular flexibility index (Phi) is 15.8. The van der Waals surface area contributed by atoms with Crippen LogP contribution in [0.1, 0.15) is 88.0 Å². The first kappa shape index (κ1) is 38.8. The molecule has 2 unspecified atom stereocenters. The van der Waals surface area contributed by atoms with Gasteiger partial charge in [-0.3, -0.25) is 19.2 Å². The van der Waals surface area contributed by atoms with Gasteiger partial charge in [0, 0.05) is 38.0 Å². The summed E-state index contributed by atoms with van der Waals surface area (Å²) >= 11 is 1.28. The number of ether oxygens (including phenoxy) is 1. The summed E-state index contributed by atoms with van der Waals surface area (Å²) in [6.07, 6.45) is 0.788. The number of thiazole rings is 1. The first-order valence-electron chi connectivity index (χ1n) is 16.0. The topological polar surface area (TPSA) is 150 Å². The van der Waals surface area contributed by atoms with Crippen LogP contribution in [0.5, 0.6) is 0 Å². The maximum atomic E-state index is 14.0. The Hall–Kier alpha value is -3.35. The number of rotatable bonds is 19. The molecule has 0 aliphatic rings. The van der Waals surface area contributed by atoms with Gasteiger partial charge in [-0.1, -0.05) is 78.3 Å². The number of carboxylic acids is 1. The van der Waals surface area contributed by atoms with Gasteiger partial charge in [0.25, 0.3) is 5.91 Å². The lowest BCUT2D eigenvalue weighted by Gasteiger charge is -2.37. The molecular weight excluding hydrogens is 606 g/mol. The molecule has 0 fully saturated rings. The van der Waals surface area contributed by atoms with Crippen LogP contribution in [0.15, 0.2) is 35.7 Å². The SMILES string of the molecule is CCC(C)[C@H](NC(=O)[C@@H](NC)C(C)C)C(=O)N(C)[C@H](CC(OC)c1nc(C(=O)N[C@H](CC(=O)O)Cc2ccccc2)cs1)C(C)C. The maximum absolute atomic E-state index is 14.0. The van der Waals surface area contributed by atoms with Gasteiger partial charge in [-0.25, -0.2) is 4.98 Å². The molecule has 1 aromatic heterocycles. The Labute approximate surface area is 277 Å². The van der Waals surface area contributed by atoms with Crippen molar-refractivity contribution in [3.8, 4) is 0 Å². The van der Waals surface area contributed by atoms with Crippen molar-refractivity contribution >= 4 is 35.0 Å². The molecule has 1 heterocycles. The molecule has 3 amide bonds. The molecule has 4 N–H and O–H groups in total. The van der Waals surface area contributed by atoms with Crippen molar-refractivity contribution in [1.82, 2.24) is 25.8 Å². The van der Waals surface area contributed by atoms with Crippen molar-refractivity contribution in [1.29, 1.82) is 0 Å². The predicted octanol–water partition coefficient (Wildman–Crippen LogP) is 4.29. The highest BCUT2D eigenvalue weighted by Crippen LogP contribution is 2.30. The van der Waals surface area contributed by atoms with Crippen LogP contribution < -0.4 is 16.0 Å². The Morgan fingerprint density at radius 1 is 1.00 bits per heavy atom. The van der Waals surface area contributed by atoms with E-state index in [1.165, 1.54) is 11.3 Å². The van der Waals surface area contributed by atoms with Gasteiger partial charge in [-0.15, -0.1) is 11.3 Å². The summed E-state index contributed by atoms with van der Waals surface area (Å²) in [4.78, 5) is 58.0. The third kappa shape index (κ3) is 11.2.